The molecule has 1 N–H and O–H groups in total. The molecule has 0 aliphatic rings. The van der Waals surface area contributed by atoms with Crippen LogP contribution in [0.2, 0.25) is 0 Å². The number of aromatic nitrogens is 1. The molecular weight excluding hydrogens is 220 g/mol. The van der Waals surface area contributed by atoms with E-state index in [0.29, 0.717) is 6.42 Å². The number of hydrogen-bond donors (Lipinski definition) is 1. The van der Waals surface area contributed by atoms with Crippen LogP contribution in [0.1, 0.15) is 43.3 Å². The lowest BCUT2D eigenvalue weighted by molar-refractivity contribution is -0.141. The number of esters is 1. The minimum Gasteiger partial charge on any atom is -0.469 e. The average molecular weight is 240 g/mol. The van der Waals surface area contributed by atoms with Crippen LogP contribution >= 0.6 is 0 Å². The van der Waals surface area contributed by atoms with Gasteiger partial charge in [-0.1, -0.05) is 5.16 Å². The van der Waals surface area contributed by atoms with E-state index in [9.17, 15) is 4.79 Å². The van der Waals surface area contributed by atoms with E-state index < -0.39 is 0 Å². The van der Waals surface area contributed by atoms with Gasteiger partial charge in [-0.25, -0.2) is 0 Å². The van der Waals surface area contributed by atoms with Gasteiger partial charge in [-0.05, 0) is 27.7 Å². The highest BCUT2D eigenvalue weighted by molar-refractivity contribution is 5.69. The maximum absolute atomic E-state index is 11.1. The molecule has 0 fully saturated rings. The van der Waals surface area contributed by atoms with Crippen molar-refractivity contribution in [2.75, 3.05) is 7.11 Å². The highest BCUT2D eigenvalue weighted by atomic mass is 16.5. The lowest BCUT2D eigenvalue weighted by Gasteiger charge is -2.19. The summed E-state index contributed by atoms with van der Waals surface area (Å²) in [6.07, 6.45) is 0.351. The van der Waals surface area contributed by atoms with E-state index in [1.807, 2.05) is 27.7 Å². The number of carbonyl (C=O) groups excluding carboxylic acids is 1. The van der Waals surface area contributed by atoms with Gasteiger partial charge in [0.05, 0.1) is 19.2 Å². The topological polar surface area (TPSA) is 64.4 Å². The fourth-order valence-corrected chi connectivity index (χ4v) is 2.01. The molecule has 0 radical (unpaired) electrons. The third-order valence-electron chi connectivity index (χ3n) is 2.76. The molecule has 0 aliphatic heterocycles. The fraction of sp³-hybridized carbons (Fsp3) is 0.667. The van der Waals surface area contributed by atoms with Gasteiger partial charge in [-0.2, -0.15) is 0 Å². The van der Waals surface area contributed by atoms with Gasteiger partial charge in [0.15, 0.2) is 0 Å². The maximum atomic E-state index is 11.1. The average Bonchev–Trinajstić information content (AvgIpc) is 2.57. The van der Waals surface area contributed by atoms with Crippen LogP contribution in [0.5, 0.6) is 0 Å². The fourth-order valence-electron chi connectivity index (χ4n) is 2.01. The summed E-state index contributed by atoms with van der Waals surface area (Å²) in [6, 6.07) is 0.145. The van der Waals surface area contributed by atoms with Crippen molar-refractivity contribution in [1.29, 1.82) is 0 Å². The Labute approximate surface area is 102 Å². The van der Waals surface area contributed by atoms with Crippen molar-refractivity contribution >= 4 is 5.97 Å². The predicted octanol–water partition coefficient (Wildman–Crippen LogP) is 1.89. The molecule has 0 spiro atoms. The summed E-state index contributed by atoms with van der Waals surface area (Å²) in [7, 11) is 1.40. The molecule has 0 aromatic carbocycles. The molecule has 0 amide bonds. The van der Waals surface area contributed by atoms with Gasteiger partial charge in [0, 0.05) is 17.6 Å². The van der Waals surface area contributed by atoms with E-state index in [0.717, 1.165) is 17.0 Å². The molecule has 0 aliphatic carbocycles. The minimum atomic E-state index is -0.212. The lowest BCUT2D eigenvalue weighted by Crippen LogP contribution is -2.31. The second kappa shape index (κ2) is 5.82. The molecule has 96 valence electrons. The Bertz CT molecular complexity index is 368. The van der Waals surface area contributed by atoms with E-state index in [-0.39, 0.29) is 18.1 Å². The van der Waals surface area contributed by atoms with Crippen LogP contribution in [0.4, 0.5) is 0 Å². The lowest BCUT2D eigenvalue weighted by atomic mass is 10.1. The largest absolute Gasteiger partial charge is 0.469 e. The smallest absolute Gasteiger partial charge is 0.307 e. The van der Waals surface area contributed by atoms with Gasteiger partial charge in [-0.3, -0.25) is 4.79 Å². The molecule has 5 nitrogen and oxygen atoms in total. The number of rotatable bonds is 5. The van der Waals surface area contributed by atoms with Crippen LogP contribution in [0.3, 0.4) is 0 Å². The van der Waals surface area contributed by atoms with Crippen LogP contribution in [0.15, 0.2) is 4.52 Å². The Hall–Kier alpha value is -1.36. The molecule has 1 aromatic heterocycles. The number of methoxy groups -OCH3 is 1. The Balaban J connectivity index is 2.60. The molecule has 1 aromatic rings. The van der Waals surface area contributed by atoms with Gasteiger partial charge in [-0.15, -0.1) is 0 Å². The summed E-state index contributed by atoms with van der Waals surface area (Å²) < 4.78 is 9.75. The monoisotopic (exact) mass is 240 g/mol. The first-order chi connectivity index (χ1) is 7.95. The zero-order chi connectivity index (χ0) is 13.0. The van der Waals surface area contributed by atoms with Gasteiger partial charge in [0.25, 0.3) is 0 Å². The van der Waals surface area contributed by atoms with Crippen molar-refractivity contribution in [1.82, 2.24) is 10.5 Å². The van der Waals surface area contributed by atoms with Crippen LogP contribution in [-0.4, -0.2) is 24.3 Å². The van der Waals surface area contributed by atoms with Crippen molar-refractivity contribution in [3.05, 3.63) is 17.0 Å². The molecule has 0 bridgehead atoms. The van der Waals surface area contributed by atoms with Gasteiger partial charge >= 0.3 is 5.97 Å². The van der Waals surface area contributed by atoms with Crippen molar-refractivity contribution in [2.45, 2.75) is 46.2 Å². The zero-order valence-electron chi connectivity index (χ0n) is 11.0. The Morgan fingerprint density at radius 1 is 1.47 bits per heavy atom. The summed E-state index contributed by atoms with van der Waals surface area (Å²) in [5, 5.41) is 7.24. The summed E-state index contributed by atoms with van der Waals surface area (Å²) in [5.74, 6) is 0.601. The molecule has 1 rings (SSSR count). The SMILES string of the molecule is COC(=O)CC(C)NC(C)c1c(C)noc1C. The molecule has 0 saturated heterocycles. The van der Waals surface area contributed by atoms with Gasteiger partial charge in [0.2, 0.25) is 0 Å². The van der Waals surface area contributed by atoms with Crippen molar-refractivity contribution < 1.29 is 14.1 Å². The Kier molecular flexibility index (Phi) is 4.69. The van der Waals surface area contributed by atoms with E-state index in [1.165, 1.54) is 7.11 Å². The number of nitrogens with one attached hydrogen (secondary N) is 1. The summed E-state index contributed by atoms with van der Waals surface area (Å²) in [4.78, 5) is 11.1. The first-order valence-corrected chi connectivity index (χ1v) is 5.71. The van der Waals surface area contributed by atoms with Crippen molar-refractivity contribution in [2.24, 2.45) is 0 Å². The number of carbonyl (C=O) groups is 1. The van der Waals surface area contributed by atoms with Gasteiger partial charge in [0.1, 0.15) is 5.76 Å². The summed E-state index contributed by atoms with van der Waals surface area (Å²) in [5.41, 5.74) is 1.94. The number of ether oxygens (including phenoxy) is 1. The molecule has 0 saturated carbocycles. The summed E-state index contributed by atoms with van der Waals surface area (Å²) in [6.45, 7) is 7.78. The first-order valence-electron chi connectivity index (χ1n) is 5.71. The van der Waals surface area contributed by atoms with E-state index in [4.69, 9.17) is 4.52 Å². The third-order valence-corrected chi connectivity index (χ3v) is 2.76. The highest BCUT2D eigenvalue weighted by Gasteiger charge is 2.19. The molecule has 5 heteroatoms. The molecular formula is C12H20N2O3. The third kappa shape index (κ3) is 3.56. The molecule has 17 heavy (non-hydrogen) atoms. The minimum absolute atomic E-state index is 0.0474. The van der Waals surface area contributed by atoms with Crippen LogP contribution in [0.25, 0.3) is 0 Å². The van der Waals surface area contributed by atoms with E-state index in [1.54, 1.807) is 0 Å². The number of nitrogens with zero attached hydrogens (tertiary/aromatic N) is 1. The van der Waals surface area contributed by atoms with E-state index in [2.05, 4.69) is 15.2 Å². The summed E-state index contributed by atoms with van der Waals surface area (Å²) >= 11 is 0. The predicted molar refractivity (Wildman–Crippen MR) is 63.6 cm³/mol. The van der Waals surface area contributed by atoms with Crippen molar-refractivity contribution in [3.63, 3.8) is 0 Å². The first kappa shape index (κ1) is 13.7. The van der Waals surface area contributed by atoms with Crippen LogP contribution in [-0.2, 0) is 9.53 Å². The van der Waals surface area contributed by atoms with Crippen LogP contribution in [0, 0.1) is 13.8 Å². The molecule has 2 atom stereocenters. The van der Waals surface area contributed by atoms with Crippen molar-refractivity contribution in [3.8, 4) is 0 Å². The Morgan fingerprint density at radius 2 is 2.12 bits per heavy atom. The highest BCUT2D eigenvalue weighted by Crippen LogP contribution is 2.21. The second-order valence-corrected chi connectivity index (χ2v) is 4.31. The standard InChI is InChI=1S/C12H20N2O3/c1-7(6-11(15)16-5)13-8(2)12-9(3)14-17-10(12)4/h7-8,13H,6H2,1-5H3. The maximum Gasteiger partial charge on any atom is 0.307 e. The Morgan fingerprint density at radius 3 is 2.59 bits per heavy atom. The molecule has 2 unspecified atom stereocenters. The molecule has 1 heterocycles. The van der Waals surface area contributed by atoms with E-state index >= 15 is 0 Å². The second-order valence-electron chi connectivity index (χ2n) is 4.31. The number of hydrogen-bond acceptors (Lipinski definition) is 5. The number of aryl methyl sites for hydroxylation is 2. The zero-order valence-corrected chi connectivity index (χ0v) is 11.0. The van der Waals surface area contributed by atoms with Gasteiger partial charge < -0.3 is 14.6 Å². The van der Waals surface area contributed by atoms with Crippen LogP contribution < -0.4 is 5.32 Å². The normalized spacial score (nSPS) is 14.4. The quantitative estimate of drug-likeness (QED) is 0.796.